The second kappa shape index (κ2) is 3.40. The summed E-state index contributed by atoms with van der Waals surface area (Å²) in [5.41, 5.74) is 0. The van der Waals surface area contributed by atoms with Crippen LogP contribution < -0.4 is 0 Å². The summed E-state index contributed by atoms with van der Waals surface area (Å²) in [6.07, 6.45) is 1.99. The molecule has 0 unspecified atom stereocenters. The molecule has 1 saturated heterocycles. The minimum absolute atomic E-state index is 0.177. The Balaban J connectivity index is 1.92. The summed E-state index contributed by atoms with van der Waals surface area (Å²) in [6.45, 7) is 3.50. The molecule has 0 aromatic carbocycles. The van der Waals surface area contributed by atoms with E-state index in [0.29, 0.717) is 0 Å². The highest BCUT2D eigenvalue weighted by Gasteiger charge is 2.40. The molecule has 0 aromatic rings. The van der Waals surface area contributed by atoms with Crippen LogP contribution in [0.2, 0.25) is 0 Å². The van der Waals surface area contributed by atoms with Crippen molar-refractivity contribution in [3.63, 3.8) is 0 Å². The zero-order valence-electron chi connectivity index (χ0n) is 8.02. The highest BCUT2D eigenvalue weighted by atomic mass is 32.3. The highest BCUT2D eigenvalue weighted by Crippen LogP contribution is 2.58. The molecule has 2 aliphatic rings. The molecule has 1 heterocycles. The van der Waals surface area contributed by atoms with Gasteiger partial charge in [0, 0.05) is 26.2 Å². The summed E-state index contributed by atoms with van der Waals surface area (Å²) < 4.78 is 21.7. The molecular formula is C8H18N2O2S. The third kappa shape index (κ3) is 1.99. The van der Waals surface area contributed by atoms with Crippen molar-refractivity contribution < 1.29 is 9.11 Å². The minimum Gasteiger partial charge on any atom is -0.304 e. The molecule has 0 amide bonds. The van der Waals surface area contributed by atoms with Gasteiger partial charge in [-0.25, -0.2) is 4.31 Å². The van der Waals surface area contributed by atoms with Gasteiger partial charge in [-0.3, -0.25) is 9.11 Å². The lowest BCUT2D eigenvalue weighted by molar-refractivity contribution is 0.208. The van der Waals surface area contributed by atoms with Crippen molar-refractivity contribution >= 4 is 10.8 Å². The van der Waals surface area contributed by atoms with Gasteiger partial charge in [-0.05, 0) is 19.9 Å². The van der Waals surface area contributed by atoms with Crippen LogP contribution in [0.15, 0.2) is 0 Å². The first kappa shape index (κ1) is 9.73. The summed E-state index contributed by atoms with van der Waals surface area (Å²) >= 11 is 0. The van der Waals surface area contributed by atoms with Crippen molar-refractivity contribution in [3.05, 3.63) is 0 Å². The monoisotopic (exact) mass is 206 g/mol. The number of hydrogen-bond acceptors (Lipinski definition) is 4. The molecule has 2 rings (SSSR count). The summed E-state index contributed by atoms with van der Waals surface area (Å²) in [4.78, 5) is 2.22. The molecule has 0 spiro atoms. The largest absolute Gasteiger partial charge is 0.304 e. The van der Waals surface area contributed by atoms with Crippen LogP contribution in [0.4, 0.5) is 0 Å². The van der Waals surface area contributed by atoms with E-state index in [1.54, 1.807) is 0 Å². The van der Waals surface area contributed by atoms with Crippen LogP contribution in [-0.2, 0) is 0 Å². The molecule has 13 heavy (non-hydrogen) atoms. The molecule has 5 heteroatoms. The molecule has 0 radical (unpaired) electrons. The van der Waals surface area contributed by atoms with Crippen LogP contribution in [0.25, 0.3) is 0 Å². The average molecular weight is 206 g/mol. The molecule has 0 aromatic heterocycles. The highest BCUT2D eigenvalue weighted by molar-refractivity contribution is 8.23. The second-order valence-electron chi connectivity index (χ2n) is 3.99. The van der Waals surface area contributed by atoms with E-state index >= 15 is 0 Å². The first-order valence-electron chi connectivity index (χ1n) is 4.81. The quantitative estimate of drug-likeness (QED) is 0.709. The standard InChI is InChI=1S/C8H18N2O2S/c1-9-4-6-10(7-5-9)13(11,12)8-2-3-8/h8,11-12H,2-7H2,1H3. The Morgan fingerprint density at radius 2 is 1.62 bits per heavy atom. The van der Waals surface area contributed by atoms with Gasteiger partial charge in [0.1, 0.15) is 0 Å². The second-order valence-corrected chi connectivity index (χ2v) is 6.30. The van der Waals surface area contributed by atoms with Gasteiger partial charge in [0.2, 0.25) is 0 Å². The lowest BCUT2D eigenvalue weighted by atomic mass is 10.4. The zero-order chi connectivity index (χ0) is 9.47. The van der Waals surface area contributed by atoms with E-state index in [0.717, 1.165) is 39.0 Å². The maximum Gasteiger partial charge on any atom is 0.0642 e. The molecule has 1 aliphatic carbocycles. The third-order valence-corrected chi connectivity index (χ3v) is 5.30. The number of hydrogen-bond donors (Lipinski definition) is 2. The minimum atomic E-state index is -2.41. The first-order valence-corrected chi connectivity index (χ1v) is 6.38. The normalized spacial score (nSPS) is 29.2. The SMILES string of the molecule is CN1CCN(S(O)(O)C2CC2)CC1. The predicted molar refractivity (Wildman–Crippen MR) is 54.9 cm³/mol. The Labute approximate surface area is 81.0 Å². The Morgan fingerprint density at radius 3 is 2.08 bits per heavy atom. The van der Waals surface area contributed by atoms with Crippen molar-refractivity contribution in [2.75, 3.05) is 33.2 Å². The molecule has 1 saturated carbocycles. The van der Waals surface area contributed by atoms with E-state index in [2.05, 4.69) is 11.9 Å². The van der Waals surface area contributed by atoms with Gasteiger partial charge in [0.15, 0.2) is 0 Å². The van der Waals surface area contributed by atoms with Crippen molar-refractivity contribution in [1.29, 1.82) is 0 Å². The van der Waals surface area contributed by atoms with E-state index in [1.165, 1.54) is 0 Å². The first-order chi connectivity index (χ1) is 6.10. The van der Waals surface area contributed by atoms with Gasteiger partial charge in [-0.15, -0.1) is 10.8 Å². The fraction of sp³-hybridized carbons (Fsp3) is 1.00. The van der Waals surface area contributed by atoms with Crippen LogP contribution in [-0.4, -0.2) is 56.8 Å². The van der Waals surface area contributed by atoms with Crippen LogP contribution in [0.1, 0.15) is 12.8 Å². The lowest BCUT2D eigenvalue weighted by Gasteiger charge is -2.46. The van der Waals surface area contributed by atoms with E-state index in [9.17, 15) is 9.11 Å². The Kier molecular flexibility index (Phi) is 2.55. The van der Waals surface area contributed by atoms with Gasteiger partial charge < -0.3 is 4.90 Å². The van der Waals surface area contributed by atoms with Crippen LogP contribution >= 0.6 is 10.8 Å². The van der Waals surface area contributed by atoms with Gasteiger partial charge in [0.25, 0.3) is 0 Å². The zero-order valence-corrected chi connectivity index (χ0v) is 8.83. The molecule has 78 valence electrons. The maximum atomic E-state index is 9.91. The summed E-state index contributed by atoms with van der Waals surface area (Å²) in [6, 6.07) is 0. The molecule has 1 aliphatic heterocycles. The van der Waals surface area contributed by atoms with Gasteiger partial charge in [-0.1, -0.05) is 0 Å². The van der Waals surface area contributed by atoms with E-state index in [4.69, 9.17) is 0 Å². The van der Waals surface area contributed by atoms with Crippen molar-refractivity contribution in [3.8, 4) is 0 Å². The van der Waals surface area contributed by atoms with E-state index in [1.807, 2.05) is 4.31 Å². The number of piperazine rings is 1. The number of nitrogens with zero attached hydrogens (tertiary/aromatic N) is 2. The molecular weight excluding hydrogens is 188 g/mol. The Hall–Kier alpha value is 0.190. The summed E-state index contributed by atoms with van der Waals surface area (Å²) in [5.74, 6) is 0. The molecule has 4 nitrogen and oxygen atoms in total. The summed E-state index contributed by atoms with van der Waals surface area (Å²) in [7, 11) is -0.336. The average Bonchev–Trinajstić information content (AvgIpc) is 2.87. The van der Waals surface area contributed by atoms with Crippen molar-refractivity contribution in [2.45, 2.75) is 18.1 Å². The fourth-order valence-electron chi connectivity index (χ4n) is 1.65. The summed E-state index contributed by atoms with van der Waals surface area (Å²) in [5, 5.41) is 0.177. The molecule has 2 N–H and O–H groups in total. The molecule has 0 atom stereocenters. The number of likely N-dealkylation sites (N-methyl/N-ethyl adjacent to an activating group) is 1. The van der Waals surface area contributed by atoms with Gasteiger partial charge in [0.05, 0.1) is 5.25 Å². The topological polar surface area (TPSA) is 46.9 Å². The van der Waals surface area contributed by atoms with Gasteiger partial charge in [-0.2, -0.15) is 0 Å². The predicted octanol–water partition coefficient (Wildman–Crippen LogP) is 1.06. The third-order valence-electron chi connectivity index (χ3n) is 2.81. The van der Waals surface area contributed by atoms with Crippen molar-refractivity contribution in [1.82, 2.24) is 9.21 Å². The van der Waals surface area contributed by atoms with E-state index in [-0.39, 0.29) is 5.25 Å². The van der Waals surface area contributed by atoms with Crippen LogP contribution in [0.3, 0.4) is 0 Å². The smallest absolute Gasteiger partial charge is 0.0642 e. The molecule has 2 fully saturated rings. The van der Waals surface area contributed by atoms with Gasteiger partial charge >= 0.3 is 0 Å². The number of rotatable bonds is 2. The van der Waals surface area contributed by atoms with E-state index < -0.39 is 10.8 Å². The van der Waals surface area contributed by atoms with Crippen molar-refractivity contribution in [2.24, 2.45) is 0 Å². The fourth-order valence-corrected chi connectivity index (χ4v) is 3.54. The Bertz CT molecular complexity index is 189. The van der Waals surface area contributed by atoms with Crippen LogP contribution in [0, 0.1) is 0 Å². The molecule has 0 bridgehead atoms. The maximum absolute atomic E-state index is 9.91. The Morgan fingerprint density at radius 1 is 1.08 bits per heavy atom. The lowest BCUT2D eigenvalue weighted by Crippen LogP contribution is -2.46. The van der Waals surface area contributed by atoms with Crippen LogP contribution in [0.5, 0.6) is 0 Å².